The first kappa shape index (κ1) is 14.3. The molecular weight excluding hydrogens is 260 g/mol. The molecule has 0 spiro atoms. The topological polar surface area (TPSA) is 78.9 Å². The van der Waals surface area contributed by atoms with Gasteiger partial charge in [0.25, 0.3) is 5.91 Å². The fourth-order valence-corrected chi connectivity index (χ4v) is 2.03. The molecule has 1 atom stereocenters. The number of aliphatic hydroxyl groups is 1. The number of carbonyl (C=O) groups excluding carboxylic acids is 2. The highest BCUT2D eigenvalue weighted by molar-refractivity contribution is 6.03. The number of amides is 2. The second kappa shape index (κ2) is 6.38. The molecule has 0 saturated carbocycles. The fraction of sp³-hybridized carbons (Fsp3) is 0.429. The number of anilines is 1. The SMILES string of the molecule is CC1Oc2ccccc2N(CC(=O)NCCCO)C1=O. The summed E-state index contributed by atoms with van der Waals surface area (Å²) in [5.41, 5.74) is 0.605. The number of ether oxygens (including phenoxy) is 1. The lowest BCUT2D eigenvalue weighted by Gasteiger charge is -2.32. The summed E-state index contributed by atoms with van der Waals surface area (Å²) in [6.45, 7) is 2.03. The average Bonchev–Trinajstić information content (AvgIpc) is 2.44. The predicted molar refractivity (Wildman–Crippen MR) is 73.6 cm³/mol. The third-order valence-corrected chi connectivity index (χ3v) is 3.03. The maximum absolute atomic E-state index is 12.1. The van der Waals surface area contributed by atoms with E-state index in [1.165, 1.54) is 4.90 Å². The van der Waals surface area contributed by atoms with Crippen molar-refractivity contribution in [3.63, 3.8) is 0 Å². The van der Waals surface area contributed by atoms with Crippen LogP contribution in [-0.2, 0) is 9.59 Å². The summed E-state index contributed by atoms with van der Waals surface area (Å²) in [4.78, 5) is 25.4. The van der Waals surface area contributed by atoms with Gasteiger partial charge in [0, 0.05) is 13.2 Å². The molecule has 108 valence electrons. The maximum Gasteiger partial charge on any atom is 0.268 e. The quantitative estimate of drug-likeness (QED) is 0.759. The van der Waals surface area contributed by atoms with E-state index < -0.39 is 6.10 Å². The van der Waals surface area contributed by atoms with E-state index in [1.54, 1.807) is 25.1 Å². The van der Waals surface area contributed by atoms with Crippen LogP contribution in [0.15, 0.2) is 24.3 Å². The van der Waals surface area contributed by atoms with Crippen LogP contribution in [0.4, 0.5) is 5.69 Å². The third-order valence-electron chi connectivity index (χ3n) is 3.03. The molecule has 0 aromatic heterocycles. The third kappa shape index (κ3) is 3.08. The first-order valence-electron chi connectivity index (χ1n) is 6.58. The number of aliphatic hydroxyl groups excluding tert-OH is 1. The summed E-state index contributed by atoms with van der Waals surface area (Å²) in [6.07, 6.45) is -0.106. The number of rotatable bonds is 5. The lowest BCUT2D eigenvalue weighted by atomic mass is 10.2. The van der Waals surface area contributed by atoms with Crippen LogP contribution in [0.3, 0.4) is 0 Å². The van der Waals surface area contributed by atoms with Crippen LogP contribution >= 0.6 is 0 Å². The van der Waals surface area contributed by atoms with Crippen molar-refractivity contribution in [2.24, 2.45) is 0 Å². The molecule has 1 aliphatic rings. The van der Waals surface area contributed by atoms with E-state index in [9.17, 15) is 9.59 Å². The van der Waals surface area contributed by atoms with Gasteiger partial charge in [0.1, 0.15) is 12.3 Å². The van der Waals surface area contributed by atoms with Crippen molar-refractivity contribution >= 4 is 17.5 Å². The van der Waals surface area contributed by atoms with Crippen molar-refractivity contribution in [1.29, 1.82) is 0 Å². The van der Waals surface area contributed by atoms with Crippen molar-refractivity contribution in [3.8, 4) is 5.75 Å². The first-order chi connectivity index (χ1) is 9.63. The van der Waals surface area contributed by atoms with E-state index in [2.05, 4.69) is 5.32 Å². The normalized spacial score (nSPS) is 17.4. The molecule has 1 aromatic rings. The number of benzene rings is 1. The molecule has 2 rings (SSSR count). The Hall–Kier alpha value is -2.08. The minimum atomic E-state index is -0.602. The summed E-state index contributed by atoms with van der Waals surface area (Å²) in [5.74, 6) is 0.111. The molecule has 0 aliphatic carbocycles. The summed E-state index contributed by atoms with van der Waals surface area (Å²) in [6, 6.07) is 7.14. The summed E-state index contributed by atoms with van der Waals surface area (Å²) in [7, 11) is 0. The van der Waals surface area contributed by atoms with Crippen LogP contribution in [0, 0.1) is 0 Å². The lowest BCUT2D eigenvalue weighted by Crippen LogP contribution is -2.48. The highest BCUT2D eigenvalue weighted by atomic mass is 16.5. The molecule has 0 bridgehead atoms. The van der Waals surface area contributed by atoms with Gasteiger partial charge in [-0.2, -0.15) is 0 Å². The smallest absolute Gasteiger partial charge is 0.268 e. The zero-order chi connectivity index (χ0) is 14.5. The van der Waals surface area contributed by atoms with Gasteiger partial charge < -0.3 is 15.2 Å². The summed E-state index contributed by atoms with van der Waals surface area (Å²) in [5, 5.41) is 11.3. The van der Waals surface area contributed by atoms with Gasteiger partial charge in [-0.3, -0.25) is 14.5 Å². The Morgan fingerprint density at radius 2 is 2.20 bits per heavy atom. The molecule has 0 fully saturated rings. The molecule has 2 amide bonds. The van der Waals surface area contributed by atoms with E-state index in [-0.39, 0.29) is 25.0 Å². The summed E-state index contributed by atoms with van der Waals surface area (Å²) >= 11 is 0. The standard InChI is InChI=1S/C14H18N2O4/c1-10-14(19)16(9-13(18)15-7-4-8-17)11-5-2-3-6-12(11)20-10/h2-3,5-6,10,17H,4,7-9H2,1H3,(H,15,18). The highest BCUT2D eigenvalue weighted by Crippen LogP contribution is 2.33. The second-order valence-corrected chi connectivity index (χ2v) is 4.58. The van der Waals surface area contributed by atoms with E-state index in [4.69, 9.17) is 9.84 Å². The Kier molecular flexibility index (Phi) is 4.57. The van der Waals surface area contributed by atoms with Crippen molar-refractivity contribution in [3.05, 3.63) is 24.3 Å². The monoisotopic (exact) mass is 278 g/mol. The number of nitrogens with zero attached hydrogens (tertiary/aromatic N) is 1. The van der Waals surface area contributed by atoms with Gasteiger partial charge in [0.15, 0.2) is 6.10 Å². The van der Waals surface area contributed by atoms with Crippen LogP contribution in [0.25, 0.3) is 0 Å². The van der Waals surface area contributed by atoms with E-state index in [0.29, 0.717) is 24.4 Å². The molecule has 6 heteroatoms. The Morgan fingerprint density at radius 1 is 1.45 bits per heavy atom. The zero-order valence-electron chi connectivity index (χ0n) is 11.3. The van der Waals surface area contributed by atoms with Gasteiger partial charge in [-0.1, -0.05) is 12.1 Å². The van der Waals surface area contributed by atoms with Crippen molar-refractivity contribution < 1.29 is 19.4 Å². The molecule has 1 aromatic carbocycles. The number of hydrogen-bond donors (Lipinski definition) is 2. The Bertz CT molecular complexity index is 504. The van der Waals surface area contributed by atoms with Gasteiger partial charge in [0.2, 0.25) is 5.91 Å². The van der Waals surface area contributed by atoms with E-state index in [1.807, 2.05) is 6.07 Å². The summed E-state index contributed by atoms with van der Waals surface area (Å²) < 4.78 is 5.50. The van der Waals surface area contributed by atoms with Gasteiger partial charge in [-0.15, -0.1) is 0 Å². The molecule has 20 heavy (non-hydrogen) atoms. The Morgan fingerprint density at radius 3 is 2.95 bits per heavy atom. The number of hydrogen-bond acceptors (Lipinski definition) is 4. The lowest BCUT2D eigenvalue weighted by molar-refractivity contribution is -0.128. The van der Waals surface area contributed by atoms with Crippen LogP contribution in [0.2, 0.25) is 0 Å². The van der Waals surface area contributed by atoms with Crippen molar-refractivity contribution in [2.75, 3.05) is 24.6 Å². The van der Waals surface area contributed by atoms with E-state index >= 15 is 0 Å². The molecule has 6 nitrogen and oxygen atoms in total. The van der Waals surface area contributed by atoms with Crippen LogP contribution in [0.1, 0.15) is 13.3 Å². The van der Waals surface area contributed by atoms with Crippen LogP contribution in [0.5, 0.6) is 5.75 Å². The first-order valence-corrected chi connectivity index (χ1v) is 6.58. The molecular formula is C14H18N2O4. The maximum atomic E-state index is 12.1. The van der Waals surface area contributed by atoms with E-state index in [0.717, 1.165) is 0 Å². The number of nitrogens with one attached hydrogen (secondary N) is 1. The van der Waals surface area contributed by atoms with Crippen LogP contribution < -0.4 is 15.0 Å². The largest absolute Gasteiger partial charge is 0.479 e. The molecule has 2 N–H and O–H groups in total. The second-order valence-electron chi connectivity index (χ2n) is 4.58. The molecule has 1 unspecified atom stereocenters. The Balaban J connectivity index is 2.09. The number of para-hydroxylation sites is 2. The predicted octanol–water partition coefficient (Wildman–Crippen LogP) is 0.299. The highest BCUT2D eigenvalue weighted by Gasteiger charge is 2.32. The average molecular weight is 278 g/mol. The van der Waals surface area contributed by atoms with Crippen LogP contribution in [-0.4, -0.2) is 42.7 Å². The van der Waals surface area contributed by atoms with Gasteiger partial charge in [0.05, 0.1) is 5.69 Å². The zero-order valence-corrected chi connectivity index (χ0v) is 11.3. The number of carbonyl (C=O) groups is 2. The molecule has 0 radical (unpaired) electrons. The van der Waals surface area contributed by atoms with Gasteiger partial charge in [-0.25, -0.2) is 0 Å². The molecule has 0 saturated heterocycles. The molecule has 1 heterocycles. The van der Waals surface area contributed by atoms with Gasteiger partial charge in [-0.05, 0) is 25.5 Å². The Labute approximate surface area is 117 Å². The number of fused-ring (bicyclic) bond motifs is 1. The van der Waals surface area contributed by atoms with Crippen molar-refractivity contribution in [1.82, 2.24) is 5.32 Å². The fourth-order valence-electron chi connectivity index (χ4n) is 2.03. The minimum Gasteiger partial charge on any atom is -0.479 e. The van der Waals surface area contributed by atoms with Gasteiger partial charge >= 0.3 is 0 Å². The van der Waals surface area contributed by atoms with Crippen molar-refractivity contribution in [2.45, 2.75) is 19.4 Å². The minimum absolute atomic E-state index is 0.0244. The molecule has 1 aliphatic heterocycles.